The molecule has 0 aliphatic heterocycles. The van der Waals surface area contributed by atoms with E-state index in [0.29, 0.717) is 18.9 Å². The zero-order chi connectivity index (χ0) is 15.2. The monoisotopic (exact) mass is 283 g/mol. The highest BCUT2D eigenvalue weighted by atomic mass is 16.4. The number of hydrogen-bond acceptors (Lipinski definition) is 3. The molecule has 1 saturated carbocycles. The van der Waals surface area contributed by atoms with E-state index in [0.717, 1.165) is 38.6 Å². The van der Waals surface area contributed by atoms with Crippen LogP contribution in [0.3, 0.4) is 0 Å². The topological polar surface area (TPSA) is 78.9 Å². The Hall–Kier alpha value is -1.26. The smallest absolute Gasteiger partial charge is 0.228 e. The number of rotatable bonds is 7. The quantitative estimate of drug-likeness (QED) is 0.326. The van der Waals surface area contributed by atoms with Gasteiger partial charge in [0, 0.05) is 24.9 Å². The molecule has 1 rings (SSSR count). The van der Waals surface area contributed by atoms with Crippen LogP contribution in [0.2, 0.25) is 0 Å². The van der Waals surface area contributed by atoms with Gasteiger partial charge in [-0.05, 0) is 25.2 Å². The average molecular weight is 283 g/mol. The third-order valence-electron chi connectivity index (χ3n) is 4.33. The average Bonchev–Trinajstić information content (AvgIpc) is 2.91. The number of carbonyl (C=O) groups excluding carboxylic acids is 1. The summed E-state index contributed by atoms with van der Waals surface area (Å²) in [5.74, 6) is 0.863. The van der Waals surface area contributed by atoms with Gasteiger partial charge in [0.15, 0.2) is 0 Å². The van der Waals surface area contributed by atoms with E-state index < -0.39 is 0 Å². The standard InChI is InChI=1S/C15H29N3O2/c1-4-15(8-5-6-9-15)14(19)18(11-12(2)3)10-7-13(16)17-20/h12,20H,4-11H2,1-3H3,(H2,16,17). The first-order valence-electron chi connectivity index (χ1n) is 7.71. The molecule has 1 aliphatic rings. The van der Waals surface area contributed by atoms with Crippen LogP contribution in [0.1, 0.15) is 59.3 Å². The minimum Gasteiger partial charge on any atom is -0.409 e. The number of nitrogens with two attached hydrogens (primary N) is 1. The molecule has 0 spiro atoms. The van der Waals surface area contributed by atoms with Gasteiger partial charge < -0.3 is 15.8 Å². The number of nitrogens with zero attached hydrogens (tertiary/aromatic N) is 2. The summed E-state index contributed by atoms with van der Waals surface area (Å²) in [7, 11) is 0. The number of carbonyl (C=O) groups is 1. The molecule has 0 aromatic heterocycles. The van der Waals surface area contributed by atoms with Crippen LogP contribution in [0.25, 0.3) is 0 Å². The molecule has 0 bridgehead atoms. The van der Waals surface area contributed by atoms with E-state index in [9.17, 15) is 4.79 Å². The molecule has 0 radical (unpaired) electrons. The lowest BCUT2D eigenvalue weighted by molar-refractivity contribution is -0.142. The highest BCUT2D eigenvalue weighted by molar-refractivity contribution is 5.84. The SMILES string of the molecule is CCC1(C(=O)N(CCC(N)=NO)CC(C)C)CCCC1. The second-order valence-corrected chi connectivity index (χ2v) is 6.33. The zero-order valence-electron chi connectivity index (χ0n) is 13.1. The Morgan fingerprint density at radius 3 is 2.45 bits per heavy atom. The molecule has 0 heterocycles. The second-order valence-electron chi connectivity index (χ2n) is 6.33. The number of oxime groups is 1. The lowest BCUT2D eigenvalue weighted by Gasteiger charge is -2.34. The third-order valence-corrected chi connectivity index (χ3v) is 4.33. The van der Waals surface area contributed by atoms with Crippen LogP contribution < -0.4 is 5.73 Å². The van der Waals surface area contributed by atoms with E-state index >= 15 is 0 Å². The van der Waals surface area contributed by atoms with E-state index in [-0.39, 0.29) is 17.2 Å². The predicted molar refractivity (Wildman–Crippen MR) is 80.6 cm³/mol. The first-order valence-corrected chi connectivity index (χ1v) is 7.71. The third kappa shape index (κ3) is 4.12. The molecule has 0 aromatic rings. The molecule has 0 atom stereocenters. The number of amides is 1. The van der Waals surface area contributed by atoms with Crippen LogP contribution in [0.4, 0.5) is 0 Å². The van der Waals surface area contributed by atoms with Gasteiger partial charge in [-0.3, -0.25) is 4.79 Å². The van der Waals surface area contributed by atoms with Crippen LogP contribution in [0.15, 0.2) is 5.16 Å². The van der Waals surface area contributed by atoms with E-state index in [1.54, 1.807) is 0 Å². The summed E-state index contributed by atoms with van der Waals surface area (Å²) < 4.78 is 0. The summed E-state index contributed by atoms with van der Waals surface area (Å²) in [4.78, 5) is 14.8. The lowest BCUT2D eigenvalue weighted by Crippen LogP contribution is -2.45. The Balaban J connectivity index is 2.77. The molecule has 1 fully saturated rings. The van der Waals surface area contributed by atoms with Gasteiger partial charge >= 0.3 is 0 Å². The van der Waals surface area contributed by atoms with Crippen molar-refractivity contribution in [1.82, 2.24) is 4.90 Å². The minimum atomic E-state index is -0.167. The van der Waals surface area contributed by atoms with Crippen LogP contribution in [-0.2, 0) is 4.79 Å². The van der Waals surface area contributed by atoms with Gasteiger partial charge in [0.25, 0.3) is 0 Å². The molecule has 0 saturated heterocycles. The Labute approximate surface area is 122 Å². The summed E-state index contributed by atoms with van der Waals surface area (Å²) >= 11 is 0. The van der Waals surface area contributed by atoms with Crippen molar-refractivity contribution in [3.05, 3.63) is 0 Å². The molecule has 5 nitrogen and oxygen atoms in total. The van der Waals surface area contributed by atoms with Gasteiger partial charge in [0.05, 0.1) is 0 Å². The maximum Gasteiger partial charge on any atom is 0.228 e. The van der Waals surface area contributed by atoms with Gasteiger partial charge in [-0.15, -0.1) is 0 Å². The summed E-state index contributed by atoms with van der Waals surface area (Å²) in [5.41, 5.74) is 5.37. The maximum atomic E-state index is 12.9. The molecule has 3 N–H and O–H groups in total. The van der Waals surface area contributed by atoms with Crippen molar-refractivity contribution < 1.29 is 10.0 Å². The van der Waals surface area contributed by atoms with Gasteiger partial charge in [-0.2, -0.15) is 0 Å². The van der Waals surface area contributed by atoms with Crippen molar-refractivity contribution in [3.8, 4) is 0 Å². The van der Waals surface area contributed by atoms with E-state index in [4.69, 9.17) is 10.9 Å². The fourth-order valence-electron chi connectivity index (χ4n) is 3.12. The molecule has 0 aromatic carbocycles. The van der Waals surface area contributed by atoms with Crippen molar-refractivity contribution in [2.45, 2.75) is 59.3 Å². The van der Waals surface area contributed by atoms with E-state index in [1.807, 2.05) is 4.90 Å². The van der Waals surface area contributed by atoms with E-state index in [1.165, 1.54) is 0 Å². The highest BCUT2D eigenvalue weighted by Crippen LogP contribution is 2.42. The minimum absolute atomic E-state index is 0.167. The van der Waals surface area contributed by atoms with Crippen molar-refractivity contribution in [3.63, 3.8) is 0 Å². The van der Waals surface area contributed by atoms with Crippen molar-refractivity contribution in [2.24, 2.45) is 22.2 Å². The normalized spacial score (nSPS) is 18.5. The first kappa shape index (κ1) is 16.8. The Morgan fingerprint density at radius 2 is 2.00 bits per heavy atom. The molecule has 0 unspecified atom stereocenters. The summed E-state index contributed by atoms with van der Waals surface area (Å²) in [6, 6.07) is 0. The fourth-order valence-corrected chi connectivity index (χ4v) is 3.12. The summed E-state index contributed by atoms with van der Waals surface area (Å²) in [6.45, 7) is 7.60. The molecule has 1 amide bonds. The van der Waals surface area contributed by atoms with Gasteiger partial charge in [-0.1, -0.05) is 38.8 Å². The Morgan fingerprint density at radius 1 is 1.40 bits per heavy atom. The summed E-state index contributed by atoms with van der Waals surface area (Å²) in [6.07, 6.45) is 5.63. The van der Waals surface area contributed by atoms with Crippen LogP contribution in [-0.4, -0.2) is 34.9 Å². The van der Waals surface area contributed by atoms with Gasteiger partial charge in [-0.25, -0.2) is 0 Å². The highest BCUT2D eigenvalue weighted by Gasteiger charge is 2.41. The first-order chi connectivity index (χ1) is 9.45. The van der Waals surface area contributed by atoms with Crippen molar-refractivity contribution in [1.29, 1.82) is 0 Å². The number of amidine groups is 1. The van der Waals surface area contributed by atoms with Crippen LogP contribution >= 0.6 is 0 Å². The second kappa shape index (κ2) is 7.50. The molecular formula is C15H29N3O2. The predicted octanol–water partition coefficient (Wildman–Crippen LogP) is 2.58. The van der Waals surface area contributed by atoms with Crippen LogP contribution in [0, 0.1) is 11.3 Å². The molecule has 1 aliphatic carbocycles. The maximum absolute atomic E-state index is 12.9. The Bertz CT molecular complexity index is 347. The molecular weight excluding hydrogens is 254 g/mol. The fraction of sp³-hybridized carbons (Fsp3) is 0.867. The zero-order valence-corrected chi connectivity index (χ0v) is 13.1. The van der Waals surface area contributed by atoms with Gasteiger partial charge in [0.1, 0.15) is 5.84 Å². The lowest BCUT2D eigenvalue weighted by atomic mass is 9.81. The molecule has 5 heteroatoms. The Kier molecular flexibility index (Phi) is 6.30. The van der Waals surface area contributed by atoms with E-state index in [2.05, 4.69) is 25.9 Å². The number of hydrogen-bond donors (Lipinski definition) is 2. The van der Waals surface area contributed by atoms with Crippen LogP contribution in [0.5, 0.6) is 0 Å². The molecule has 20 heavy (non-hydrogen) atoms. The van der Waals surface area contributed by atoms with Crippen molar-refractivity contribution in [2.75, 3.05) is 13.1 Å². The largest absolute Gasteiger partial charge is 0.409 e. The summed E-state index contributed by atoms with van der Waals surface area (Å²) in [5, 5.41) is 11.6. The van der Waals surface area contributed by atoms with Gasteiger partial charge in [0.2, 0.25) is 5.91 Å². The molecule has 116 valence electrons. The van der Waals surface area contributed by atoms with Crippen molar-refractivity contribution >= 4 is 11.7 Å².